The number of methoxy groups -OCH3 is 1. The van der Waals surface area contributed by atoms with Crippen LogP contribution in [0.15, 0.2) is 24.3 Å². The first-order chi connectivity index (χ1) is 10.1. The summed E-state index contributed by atoms with van der Waals surface area (Å²) in [6.07, 6.45) is 1.55. The van der Waals surface area contributed by atoms with Crippen LogP contribution in [0.3, 0.4) is 0 Å². The summed E-state index contributed by atoms with van der Waals surface area (Å²) in [5, 5.41) is 0. The molecule has 1 aromatic carbocycles. The Bertz CT molecular complexity index is 430. The van der Waals surface area contributed by atoms with Crippen LogP contribution in [-0.2, 0) is 11.3 Å². The predicted octanol–water partition coefficient (Wildman–Crippen LogP) is 2.81. The minimum absolute atomic E-state index is 0.160. The molecule has 0 aliphatic rings. The predicted molar refractivity (Wildman–Crippen MR) is 86.2 cm³/mol. The van der Waals surface area contributed by atoms with Gasteiger partial charge in [-0.25, -0.2) is 0 Å². The van der Waals surface area contributed by atoms with Crippen molar-refractivity contribution in [1.29, 1.82) is 0 Å². The van der Waals surface area contributed by atoms with E-state index < -0.39 is 5.41 Å². The smallest absolute Gasteiger partial charge is 0.230 e. The molecular weight excluding hydrogens is 264 g/mol. The molecule has 0 aliphatic carbocycles. The molecule has 1 aromatic rings. The second kappa shape index (κ2) is 8.03. The fourth-order valence-corrected chi connectivity index (χ4v) is 2.54. The molecule has 0 spiro atoms. The second-order valence-corrected chi connectivity index (χ2v) is 5.36. The Hall–Kier alpha value is -1.55. The summed E-state index contributed by atoms with van der Waals surface area (Å²) in [4.78, 5) is 14.7. The number of amides is 1. The molecular formula is C17H28N2O2. The summed E-state index contributed by atoms with van der Waals surface area (Å²) in [7, 11) is 1.65. The topological polar surface area (TPSA) is 55.6 Å². The van der Waals surface area contributed by atoms with Crippen molar-refractivity contribution < 1.29 is 9.53 Å². The molecule has 2 N–H and O–H groups in total. The molecule has 0 bridgehead atoms. The van der Waals surface area contributed by atoms with Gasteiger partial charge in [-0.3, -0.25) is 4.79 Å². The van der Waals surface area contributed by atoms with E-state index in [2.05, 4.69) is 0 Å². The number of nitrogens with zero attached hydrogens (tertiary/aromatic N) is 1. The van der Waals surface area contributed by atoms with Crippen molar-refractivity contribution in [1.82, 2.24) is 4.90 Å². The highest BCUT2D eigenvalue weighted by Crippen LogP contribution is 2.28. The number of hydrogen-bond donors (Lipinski definition) is 1. The third kappa shape index (κ3) is 3.97. The number of rotatable bonds is 8. The molecule has 0 aromatic heterocycles. The van der Waals surface area contributed by atoms with E-state index in [1.807, 2.05) is 49.9 Å². The average Bonchev–Trinajstić information content (AvgIpc) is 2.55. The number of nitrogens with two attached hydrogens (primary N) is 1. The Morgan fingerprint density at radius 2 is 1.76 bits per heavy atom. The lowest BCUT2D eigenvalue weighted by Crippen LogP contribution is -2.47. The maximum atomic E-state index is 12.8. The third-order valence-electron chi connectivity index (χ3n) is 4.40. The number of ether oxygens (including phenoxy) is 1. The number of carbonyl (C=O) groups excluding carboxylic acids is 1. The first-order valence-electron chi connectivity index (χ1n) is 7.69. The Labute approximate surface area is 128 Å². The van der Waals surface area contributed by atoms with Gasteiger partial charge in [0.25, 0.3) is 0 Å². The molecule has 0 heterocycles. The number of hydrogen-bond acceptors (Lipinski definition) is 3. The molecule has 1 amide bonds. The lowest BCUT2D eigenvalue weighted by Gasteiger charge is -2.34. The third-order valence-corrected chi connectivity index (χ3v) is 4.40. The molecule has 0 saturated heterocycles. The van der Waals surface area contributed by atoms with E-state index >= 15 is 0 Å². The van der Waals surface area contributed by atoms with E-state index in [1.54, 1.807) is 7.11 Å². The van der Waals surface area contributed by atoms with Crippen molar-refractivity contribution >= 4 is 5.91 Å². The Balaban J connectivity index is 2.88. The molecule has 0 radical (unpaired) electrons. The highest BCUT2D eigenvalue weighted by molar-refractivity contribution is 5.83. The van der Waals surface area contributed by atoms with Gasteiger partial charge < -0.3 is 15.4 Å². The van der Waals surface area contributed by atoms with Gasteiger partial charge in [0.05, 0.1) is 12.5 Å². The molecule has 0 aliphatic heterocycles. The average molecular weight is 292 g/mol. The van der Waals surface area contributed by atoms with Crippen LogP contribution in [0.25, 0.3) is 0 Å². The van der Waals surface area contributed by atoms with Crippen molar-refractivity contribution in [3.05, 3.63) is 29.8 Å². The van der Waals surface area contributed by atoms with E-state index in [9.17, 15) is 4.79 Å². The van der Waals surface area contributed by atoms with Crippen molar-refractivity contribution in [2.75, 3.05) is 20.2 Å². The highest BCUT2D eigenvalue weighted by atomic mass is 16.5. The Kier molecular flexibility index (Phi) is 6.69. The van der Waals surface area contributed by atoms with E-state index in [0.29, 0.717) is 19.6 Å². The maximum Gasteiger partial charge on any atom is 0.230 e. The van der Waals surface area contributed by atoms with Gasteiger partial charge in [-0.05, 0) is 37.5 Å². The summed E-state index contributed by atoms with van der Waals surface area (Å²) in [5.74, 6) is 0.986. The Morgan fingerprint density at radius 3 is 2.14 bits per heavy atom. The van der Waals surface area contributed by atoms with Crippen molar-refractivity contribution in [3.8, 4) is 5.75 Å². The van der Waals surface area contributed by atoms with Gasteiger partial charge >= 0.3 is 0 Å². The number of benzene rings is 1. The van der Waals surface area contributed by atoms with Crippen LogP contribution in [0.2, 0.25) is 0 Å². The fraction of sp³-hybridized carbons (Fsp3) is 0.588. The van der Waals surface area contributed by atoms with Crippen LogP contribution in [0.1, 0.15) is 39.2 Å². The molecule has 1 rings (SSSR count). The van der Waals surface area contributed by atoms with Crippen LogP contribution in [-0.4, -0.2) is 31.0 Å². The van der Waals surface area contributed by atoms with Crippen LogP contribution in [0, 0.1) is 5.41 Å². The quantitative estimate of drug-likeness (QED) is 0.801. The molecule has 0 saturated carbocycles. The minimum atomic E-state index is -0.428. The standard InChI is InChI=1S/C17H28N2O2/c1-5-17(6-2,13-18)16(20)19(7-3)12-14-8-10-15(21-4)11-9-14/h8-11H,5-7,12-13,18H2,1-4H3. The summed E-state index contributed by atoms with van der Waals surface area (Å²) >= 11 is 0. The van der Waals surface area contributed by atoms with E-state index in [1.165, 1.54) is 0 Å². The summed E-state index contributed by atoms with van der Waals surface area (Å²) in [5.41, 5.74) is 6.56. The van der Waals surface area contributed by atoms with Gasteiger partial charge in [0, 0.05) is 19.6 Å². The Morgan fingerprint density at radius 1 is 1.19 bits per heavy atom. The summed E-state index contributed by atoms with van der Waals surface area (Å²) < 4.78 is 5.16. The van der Waals surface area contributed by atoms with Crippen LogP contribution in [0.5, 0.6) is 5.75 Å². The van der Waals surface area contributed by atoms with Crippen LogP contribution in [0.4, 0.5) is 0 Å². The first-order valence-corrected chi connectivity index (χ1v) is 7.69. The zero-order chi connectivity index (χ0) is 15.9. The van der Waals surface area contributed by atoms with Crippen LogP contribution >= 0.6 is 0 Å². The fourth-order valence-electron chi connectivity index (χ4n) is 2.54. The lowest BCUT2D eigenvalue weighted by atomic mass is 9.81. The summed E-state index contributed by atoms with van der Waals surface area (Å²) in [6.45, 7) is 7.78. The molecule has 4 heteroatoms. The van der Waals surface area contributed by atoms with E-state index in [-0.39, 0.29) is 5.91 Å². The second-order valence-electron chi connectivity index (χ2n) is 5.36. The zero-order valence-corrected chi connectivity index (χ0v) is 13.7. The highest BCUT2D eigenvalue weighted by Gasteiger charge is 2.36. The number of carbonyl (C=O) groups is 1. The van der Waals surface area contributed by atoms with E-state index in [0.717, 1.165) is 24.2 Å². The lowest BCUT2D eigenvalue weighted by molar-refractivity contribution is -0.142. The molecule has 0 atom stereocenters. The zero-order valence-electron chi connectivity index (χ0n) is 13.7. The van der Waals surface area contributed by atoms with Gasteiger partial charge in [-0.2, -0.15) is 0 Å². The first kappa shape index (κ1) is 17.5. The van der Waals surface area contributed by atoms with Crippen molar-refractivity contribution in [2.45, 2.75) is 40.2 Å². The maximum absolute atomic E-state index is 12.8. The largest absolute Gasteiger partial charge is 0.497 e. The van der Waals surface area contributed by atoms with Gasteiger partial charge in [0.15, 0.2) is 0 Å². The monoisotopic (exact) mass is 292 g/mol. The van der Waals surface area contributed by atoms with Gasteiger partial charge in [-0.15, -0.1) is 0 Å². The van der Waals surface area contributed by atoms with Gasteiger partial charge in [0.2, 0.25) is 5.91 Å². The van der Waals surface area contributed by atoms with E-state index in [4.69, 9.17) is 10.5 Å². The molecule has 4 nitrogen and oxygen atoms in total. The molecule has 118 valence electrons. The SMILES string of the molecule is CCN(Cc1ccc(OC)cc1)C(=O)C(CC)(CC)CN. The van der Waals surface area contributed by atoms with Crippen molar-refractivity contribution in [3.63, 3.8) is 0 Å². The molecule has 0 fully saturated rings. The normalized spacial score (nSPS) is 11.3. The minimum Gasteiger partial charge on any atom is -0.497 e. The molecule has 0 unspecified atom stereocenters. The van der Waals surface area contributed by atoms with Gasteiger partial charge in [0.1, 0.15) is 5.75 Å². The summed E-state index contributed by atoms with van der Waals surface area (Å²) in [6, 6.07) is 7.83. The van der Waals surface area contributed by atoms with Gasteiger partial charge in [-0.1, -0.05) is 26.0 Å². The van der Waals surface area contributed by atoms with Crippen LogP contribution < -0.4 is 10.5 Å². The molecule has 21 heavy (non-hydrogen) atoms. The van der Waals surface area contributed by atoms with Crippen molar-refractivity contribution in [2.24, 2.45) is 11.1 Å².